The van der Waals surface area contributed by atoms with E-state index in [9.17, 15) is 14.7 Å². The predicted octanol–water partition coefficient (Wildman–Crippen LogP) is -4.07. The van der Waals surface area contributed by atoms with Crippen molar-refractivity contribution in [1.29, 1.82) is 0 Å². The Morgan fingerprint density at radius 3 is 2.21 bits per heavy atom. The number of halogens is 2. The minimum absolute atomic E-state index is 0. The molecule has 12 heteroatoms. The van der Waals surface area contributed by atoms with Crippen LogP contribution in [0.25, 0.3) is 0 Å². The van der Waals surface area contributed by atoms with E-state index in [4.69, 9.17) is 11.5 Å². The molecule has 0 aliphatic carbocycles. The normalized spacial score (nSPS) is 11.4. The van der Waals surface area contributed by atoms with Gasteiger partial charge in [0.05, 0.1) is 33.0 Å². The molecule has 1 aromatic carbocycles. The molecule has 162 valence electrons. The summed E-state index contributed by atoms with van der Waals surface area (Å²) < 4.78 is 9.25. The second-order valence-corrected chi connectivity index (χ2v) is 5.26. The van der Waals surface area contributed by atoms with Crippen molar-refractivity contribution in [3.05, 3.63) is 29.8 Å². The van der Waals surface area contributed by atoms with Crippen molar-refractivity contribution in [3.8, 4) is 0 Å². The zero-order valence-electron chi connectivity index (χ0n) is 15.4. The molecule has 0 aliphatic heterocycles. The minimum atomic E-state index is -0.848. The number of carbonyl (C=O) groups is 2. The molecule has 0 aliphatic rings. The summed E-state index contributed by atoms with van der Waals surface area (Å²) in [5.41, 5.74) is 12.1. The van der Waals surface area contributed by atoms with Crippen LogP contribution >= 0.6 is 12.4 Å². The zero-order chi connectivity index (χ0) is 18.8. The number of nitrogens with zero attached hydrogens (tertiary/aromatic N) is 2. The predicted molar refractivity (Wildman–Crippen MR) is 97.1 cm³/mol. The van der Waals surface area contributed by atoms with E-state index in [1.807, 2.05) is 0 Å². The van der Waals surface area contributed by atoms with Gasteiger partial charge in [-0.25, -0.2) is 0 Å². The van der Waals surface area contributed by atoms with Crippen LogP contribution < -0.4 is 29.0 Å². The maximum atomic E-state index is 11.7. The molecule has 1 atom stereocenters. The van der Waals surface area contributed by atoms with Crippen LogP contribution in [-0.4, -0.2) is 62.6 Å². The maximum absolute atomic E-state index is 11.7. The molecule has 0 aromatic heterocycles. The number of nitrogens with two attached hydrogens (primary N) is 2. The molecule has 4 N–H and O–H groups in total. The van der Waals surface area contributed by atoms with Gasteiger partial charge in [-0.15, -0.1) is 12.4 Å². The number of rotatable bonds is 9. The van der Waals surface area contributed by atoms with Gasteiger partial charge in [0, 0.05) is 19.1 Å². The summed E-state index contributed by atoms with van der Waals surface area (Å²) in [4.78, 5) is 28.5. The molecular formula is C16H24Cl2N4O5Pt. The first-order valence-electron chi connectivity index (χ1n) is 7.55. The van der Waals surface area contributed by atoms with Gasteiger partial charge < -0.3 is 38.5 Å². The molecule has 9 nitrogen and oxygen atoms in total. The standard InChI is InChI=1S/C16H24N4O5.2ClH.Pt/c1-24-14(21)9-20(10-15(22)25-2)8-11-4-3-5-12(6-11)19-16(23)13(18)7-17;;;/h3-6,13H,7-10,17-18H2,1-2H3,(H,19,23);2*1H;/q;;;+2/p-2. The molecule has 1 rings (SSSR count). The SMILES string of the molecule is COC(=O)CN(CC(=O)OC)Cc1cccc(N=C([O-])C(N)CN)c1.Cl.[Cl-].[Pt+2]. The molecule has 0 saturated carbocycles. The third-order valence-corrected chi connectivity index (χ3v) is 3.29. The molecule has 1 unspecified atom stereocenters. The van der Waals surface area contributed by atoms with Crippen LogP contribution in [0, 0.1) is 0 Å². The van der Waals surface area contributed by atoms with Crippen molar-refractivity contribution < 1.29 is 57.6 Å². The molecule has 0 saturated heterocycles. The van der Waals surface area contributed by atoms with Crippen molar-refractivity contribution >= 4 is 35.9 Å². The Morgan fingerprint density at radius 2 is 1.75 bits per heavy atom. The third kappa shape index (κ3) is 11.6. The van der Waals surface area contributed by atoms with E-state index in [-0.39, 0.29) is 72.1 Å². The molecule has 1 aromatic rings. The number of aliphatic imine (C=N–C) groups is 1. The molecule has 0 spiro atoms. The number of esters is 2. The van der Waals surface area contributed by atoms with Crippen molar-refractivity contribution in [2.75, 3.05) is 33.9 Å². The third-order valence-electron chi connectivity index (χ3n) is 3.29. The number of carbonyl (C=O) groups excluding carboxylic acids is 2. The van der Waals surface area contributed by atoms with Crippen LogP contribution in [0.5, 0.6) is 0 Å². The van der Waals surface area contributed by atoms with Crippen molar-refractivity contribution in [2.45, 2.75) is 12.6 Å². The summed E-state index contributed by atoms with van der Waals surface area (Å²) in [6.07, 6.45) is 0. The van der Waals surface area contributed by atoms with Gasteiger partial charge in [-0.3, -0.25) is 19.5 Å². The van der Waals surface area contributed by atoms with Crippen molar-refractivity contribution in [1.82, 2.24) is 4.90 Å². The smallest absolute Gasteiger partial charge is 1.00 e. The van der Waals surface area contributed by atoms with Crippen LogP contribution in [0.4, 0.5) is 5.69 Å². The fourth-order valence-electron chi connectivity index (χ4n) is 1.96. The number of ether oxygens (including phenoxy) is 2. The fraction of sp³-hybridized carbons (Fsp3) is 0.438. The van der Waals surface area contributed by atoms with E-state index in [1.54, 1.807) is 29.2 Å². The summed E-state index contributed by atoms with van der Waals surface area (Å²) in [5.74, 6) is -1.47. The number of hydrogen-bond acceptors (Lipinski definition) is 9. The molecular weight excluding hydrogens is 594 g/mol. The van der Waals surface area contributed by atoms with Gasteiger partial charge in [-0.05, 0) is 23.6 Å². The quantitative estimate of drug-likeness (QED) is 0.162. The molecule has 28 heavy (non-hydrogen) atoms. The molecule has 0 amide bonds. The summed E-state index contributed by atoms with van der Waals surface area (Å²) in [6, 6.07) is 5.97. The molecule has 0 bridgehead atoms. The second-order valence-electron chi connectivity index (χ2n) is 5.26. The van der Waals surface area contributed by atoms with Gasteiger partial charge in [0.15, 0.2) is 0 Å². The average molecular weight is 618 g/mol. The molecule has 0 radical (unpaired) electrons. The van der Waals surface area contributed by atoms with Gasteiger partial charge in [0.25, 0.3) is 0 Å². The van der Waals surface area contributed by atoms with E-state index >= 15 is 0 Å². The van der Waals surface area contributed by atoms with Crippen LogP contribution in [0.1, 0.15) is 5.56 Å². The summed E-state index contributed by atoms with van der Waals surface area (Å²) in [6.45, 7) is 0.118. The Morgan fingerprint density at radius 1 is 1.21 bits per heavy atom. The summed E-state index contributed by atoms with van der Waals surface area (Å²) in [7, 11) is 2.54. The first-order chi connectivity index (χ1) is 11.9. The largest absolute Gasteiger partial charge is 2.00 e. The summed E-state index contributed by atoms with van der Waals surface area (Å²) >= 11 is 0. The van der Waals surface area contributed by atoms with Crippen molar-refractivity contribution in [2.24, 2.45) is 16.5 Å². The fourth-order valence-corrected chi connectivity index (χ4v) is 1.96. The van der Waals surface area contributed by atoms with Gasteiger partial charge in [0.1, 0.15) is 0 Å². The molecule has 0 heterocycles. The zero-order valence-corrected chi connectivity index (χ0v) is 19.3. The first kappa shape index (κ1) is 31.5. The average Bonchev–Trinajstić information content (AvgIpc) is 2.60. The van der Waals surface area contributed by atoms with E-state index in [1.165, 1.54) is 14.2 Å². The number of hydrogen-bond donors (Lipinski definition) is 2. The Balaban J connectivity index is -0.00000208. The van der Waals surface area contributed by atoms with Gasteiger partial charge in [-0.1, -0.05) is 12.1 Å². The van der Waals surface area contributed by atoms with E-state index < -0.39 is 23.9 Å². The van der Waals surface area contributed by atoms with Crippen molar-refractivity contribution in [3.63, 3.8) is 0 Å². The van der Waals surface area contributed by atoms with Crippen LogP contribution in [0.3, 0.4) is 0 Å². The van der Waals surface area contributed by atoms with Crippen LogP contribution in [0.15, 0.2) is 29.3 Å². The Hall–Kier alpha value is -1.22. The maximum Gasteiger partial charge on any atom is 2.00 e. The van der Waals surface area contributed by atoms with Gasteiger partial charge >= 0.3 is 33.0 Å². The molecule has 0 fully saturated rings. The van der Waals surface area contributed by atoms with E-state index in [0.29, 0.717) is 5.69 Å². The monoisotopic (exact) mass is 617 g/mol. The minimum Gasteiger partial charge on any atom is -1.00 e. The van der Waals surface area contributed by atoms with Crippen LogP contribution in [-0.2, 0) is 46.7 Å². The number of benzene rings is 1. The number of methoxy groups -OCH3 is 2. The Labute approximate surface area is 190 Å². The Kier molecular flexibility index (Phi) is 18.8. The van der Waals surface area contributed by atoms with Crippen LogP contribution in [0.2, 0.25) is 0 Å². The second kappa shape index (κ2) is 16.7. The topological polar surface area (TPSA) is 143 Å². The van der Waals surface area contributed by atoms with E-state index in [2.05, 4.69) is 14.5 Å². The van der Waals surface area contributed by atoms with Gasteiger partial charge in [-0.2, -0.15) is 0 Å². The van der Waals surface area contributed by atoms with E-state index in [0.717, 1.165) is 5.56 Å². The first-order valence-corrected chi connectivity index (χ1v) is 7.55. The van der Waals surface area contributed by atoms with Gasteiger partial charge in [0.2, 0.25) is 0 Å². The Bertz CT molecular complexity index is 619. The summed E-state index contributed by atoms with van der Waals surface area (Å²) in [5, 5.41) is 11.7.